The fourth-order valence-electron chi connectivity index (χ4n) is 2.20. The highest BCUT2D eigenvalue weighted by atomic mass is 35.5. The highest BCUT2D eigenvalue weighted by molar-refractivity contribution is 6.31. The van der Waals surface area contributed by atoms with Crippen LogP contribution < -0.4 is 5.32 Å². The van der Waals surface area contributed by atoms with Crippen LogP contribution in [0.5, 0.6) is 0 Å². The fourth-order valence-corrected chi connectivity index (χ4v) is 2.69. The van der Waals surface area contributed by atoms with Crippen molar-refractivity contribution in [2.45, 2.75) is 19.4 Å². The minimum absolute atomic E-state index is 0.0123. The molecule has 2 aromatic rings. The third-order valence-electron chi connectivity index (χ3n) is 3.38. The second kappa shape index (κ2) is 6.57. The quantitative estimate of drug-likeness (QED) is 0.843. The Labute approximate surface area is 128 Å². The molecule has 0 saturated heterocycles. The molecule has 0 fully saturated rings. The Bertz CT molecular complexity index is 613. The fraction of sp³-hybridized carbons (Fsp3) is 0.250. The van der Waals surface area contributed by atoms with Crippen LogP contribution in [0.3, 0.4) is 0 Å². The van der Waals surface area contributed by atoms with Gasteiger partial charge in [0, 0.05) is 16.1 Å². The van der Waals surface area contributed by atoms with Crippen LogP contribution in [-0.2, 0) is 6.42 Å². The number of likely N-dealkylation sites (N-methyl/N-ethyl adjacent to an activating group) is 1. The third-order valence-corrected chi connectivity index (χ3v) is 4.08. The minimum atomic E-state index is -0.286. The van der Waals surface area contributed by atoms with Gasteiger partial charge in [-0.2, -0.15) is 0 Å². The van der Waals surface area contributed by atoms with Crippen LogP contribution in [0.15, 0.2) is 36.4 Å². The molecule has 0 aliphatic heterocycles. The monoisotopic (exact) mass is 311 g/mol. The van der Waals surface area contributed by atoms with Crippen LogP contribution in [0.25, 0.3) is 0 Å². The van der Waals surface area contributed by atoms with E-state index in [0.29, 0.717) is 17.0 Å². The van der Waals surface area contributed by atoms with Gasteiger partial charge < -0.3 is 5.32 Å². The predicted octanol–water partition coefficient (Wildman–Crippen LogP) is 4.94. The zero-order valence-electron chi connectivity index (χ0n) is 11.4. The number of nitrogens with one attached hydrogen (secondary N) is 1. The molecule has 0 radical (unpaired) electrons. The summed E-state index contributed by atoms with van der Waals surface area (Å²) in [6.45, 7) is 1.73. The van der Waals surface area contributed by atoms with E-state index in [-0.39, 0.29) is 11.9 Å². The lowest BCUT2D eigenvalue weighted by Gasteiger charge is -2.19. The highest BCUT2D eigenvalue weighted by Gasteiger charge is 2.16. The SMILES string of the molecule is CNC(Cc1ccccc1Cl)c1cc(C)c(F)cc1Cl. The molecule has 0 amide bonds. The number of hydrogen-bond donors (Lipinski definition) is 1. The maximum Gasteiger partial charge on any atom is 0.127 e. The van der Waals surface area contributed by atoms with Gasteiger partial charge in [0.25, 0.3) is 0 Å². The van der Waals surface area contributed by atoms with Crippen LogP contribution in [0.1, 0.15) is 22.7 Å². The summed E-state index contributed by atoms with van der Waals surface area (Å²) < 4.78 is 13.5. The lowest BCUT2D eigenvalue weighted by Crippen LogP contribution is -2.19. The zero-order valence-corrected chi connectivity index (χ0v) is 12.9. The topological polar surface area (TPSA) is 12.0 Å². The van der Waals surface area contributed by atoms with E-state index in [1.165, 1.54) is 6.07 Å². The number of halogens is 3. The van der Waals surface area contributed by atoms with Crippen molar-refractivity contribution in [2.24, 2.45) is 0 Å². The molecule has 0 aromatic heterocycles. The van der Waals surface area contributed by atoms with Crippen molar-refractivity contribution < 1.29 is 4.39 Å². The van der Waals surface area contributed by atoms with Crippen molar-refractivity contribution in [2.75, 3.05) is 7.05 Å². The first kappa shape index (κ1) is 15.3. The summed E-state index contributed by atoms with van der Waals surface area (Å²) >= 11 is 12.4. The molecule has 0 saturated carbocycles. The molecule has 2 aromatic carbocycles. The van der Waals surface area contributed by atoms with Crippen LogP contribution in [0, 0.1) is 12.7 Å². The molecule has 0 aliphatic rings. The van der Waals surface area contributed by atoms with E-state index in [2.05, 4.69) is 5.32 Å². The van der Waals surface area contributed by atoms with Gasteiger partial charge in [-0.3, -0.25) is 0 Å². The summed E-state index contributed by atoms with van der Waals surface area (Å²) in [6, 6.07) is 10.8. The summed E-state index contributed by atoms with van der Waals surface area (Å²) in [6.07, 6.45) is 0.695. The van der Waals surface area contributed by atoms with Crippen LogP contribution in [0.2, 0.25) is 10.0 Å². The Morgan fingerprint density at radius 3 is 2.50 bits per heavy atom. The average molecular weight is 312 g/mol. The summed E-state index contributed by atoms with van der Waals surface area (Å²) in [4.78, 5) is 0. The van der Waals surface area contributed by atoms with Gasteiger partial charge in [-0.25, -0.2) is 4.39 Å². The summed E-state index contributed by atoms with van der Waals surface area (Å²) in [7, 11) is 1.86. The standard InChI is InChI=1S/C16H16Cl2FN/c1-10-7-12(14(18)9-15(10)19)16(20-2)8-11-5-3-4-6-13(11)17/h3-7,9,16,20H,8H2,1-2H3. The van der Waals surface area contributed by atoms with Gasteiger partial charge in [0.05, 0.1) is 0 Å². The Morgan fingerprint density at radius 1 is 1.15 bits per heavy atom. The van der Waals surface area contributed by atoms with Crippen LogP contribution in [0.4, 0.5) is 4.39 Å². The largest absolute Gasteiger partial charge is 0.313 e. The lowest BCUT2D eigenvalue weighted by atomic mass is 9.97. The molecule has 106 valence electrons. The number of hydrogen-bond acceptors (Lipinski definition) is 1. The Balaban J connectivity index is 2.34. The van der Waals surface area contributed by atoms with Gasteiger partial charge in [0.15, 0.2) is 0 Å². The second-order valence-electron chi connectivity index (χ2n) is 4.76. The van der Waals surface area contributed by atoms with Gasteiger partial charge in [0.1, 0.15) is 5.82 Å². The maximum absolute atomic E-state index is 13.5. The Kier molecular flexibility index (Phi) is 5.03. The van der Waals surface area contributed by atoms with Crippen LogP contribution >= 0.6 is 23.2 Å². The molecule has 1 unspecified atom stereocenters. The second-order valence-corrected chi connectivity index (χ2v) is 5.57. The van der Waals surface area contributed by atoms with Crippen molar-refractivity contribution in [3.05, 3.63) is 69.0 Å². The predicted molar refractivity (Wildman–Crippen MR) is 83.1 cm³/mol. The van der Waals surface area contributed by atoms with Crippen molar-refractivity contribution in [3.63, 3.8) is 0 Å². The van der Waals surface area contributed by atoms with E-state index < -0.39 is 0 Å². The smallest absolute Gasteiger partial charge is 0.127 e. The van der Waals surface area contributed by atoms with Crippen molar-refractivity contribution in [3.8, 4) is 0 Å². The first-order chi connectivity index (χ1) is 9.52. The van der Waals surface area contributed by atoms with E-state index >= 15 is 0 Å². The summed E-state index contributed by atoms with van der Waals surface area (Å²) in [5, 5.41) is 4.37. The molecule has 20 heavy (non-hydrogen) atoms. The highest BCUT2D eigenvalue weighted by Crippen LogP contribution is 2.29. The first-order valence-electron chi connectivity index (χ1n) is 6.39. The van der Waals surface area contributed by atoms with E-state index in [1.807, 2.05) is 31.3 Å². The number of benzene rings is 2. The summed E-state index contributed by atoms with van der Waals surface area (Å²) in [5.74, 6) is -0.286. The maximum atomic E-state index is 13.5. The van der Waals surface area contributed by atoms with E-state index in [4.69, 9.17) is 23.2 Å². The molecule has 1 nitrogen and oxygen atoms in total. The van der Waals surface area contributed by atoms with Crippen LogP contribution in [-0.4, -0.2) is 7.05 Å². The van der Waals surface area contributed by atoms with Gasteiger partial charge >= 0.3 is 0 Å². The van der Waals surface area contributed by atoms with Crippen molar-refractivity contribution in [1.29, 1.82) is 0 Å². The number of rotatable bonds is 4. The molecular weight excluding hydrogens is 296 g/mol. The van der Waals surface area contributed by atoms with Gasteiger partial charge in [-0.1, -0.05) is 47.5 Å². The molecule has 0 bridgehead atoms. The summed E-state index contributed by atoms with van der Waals surface area (Å²) in [5.41, 5.74) is 2.50. The molecule has 2 rings (SSSR count). The molecule has 0 heterocycles. The molecule has 0 aliphatic carbocycles. The number of aryl methyl sites for hydroxylation is 1. The van der Waals surface area contributed by atoms with Crippen molar-refractivity contribution >= 4 is 23.2 Å². The lowest BCUT2D eigenvalue weighted by molar-refractivity contribution is 0.583. The molecular formula is C16H16Cl2FN. The van der Waals surface area contributed by atoms with E-state index in [0.717, 1.165) is 16.1 Å². The Hall–Kier alpha value is -1.09. The minimum Gasteiger partial charge on any atom is -0.313 e. The molecule has 4 heteroatoms. The molecule has 0 spiro atoms. The zero-order chi connectivity index (χ0) is 14.7. The third kappa shape index (κ3) is 3.32. The van der Waals surface area contributed by atoms with E-state index in [1.54, 1.807) is 13.0 Å². The van der Waals surface area contributed by atoms with Gasteiger partial charge in [-0.05, 0) is 49.2 Å². The molecule has 1 atom stereocenters. The average Bonchev–Trinajstić information content (AvgIpc) is 2.42. The van der Waals surface area contributed by atoms with Gasteiger partial charge in [-0.15, -0.1) is 0 Å². The van der Waals surface area contributed by atoms with Crippen molar-refractivity contribution in [1.82, 2.24) is 5.32 Å². The molecule has 1 N–H and O–H groups in total. The Morgan fingerprint density at radius 2 is 1.85 bits per heavy atom. The van der Waals surface area contributed by atoms with E-state index in [9.17, 15) is 4.39 Å². The first-order valence-corrected chi connectivity index (χ1v) is 7.14. The van der Waals surface area contributed by atoms with Gasteiger partial charge in [0.2, 0.25) is 0 Å². The normalized spacial score (nSPS) is 12.4.